The summed E-state index contributed by atoms with van der Waals surface area (Å²) < 4.78 is 43.8. The molecule has 1 aliphatic heterocycles. The Morgan fingerprint density at radius 1 is 1.31 bits per heavy atom. The van der Waals surface area contributed by atoms with Crippen LogP contribution in [0.1, 0.15) is 32.5 Å². The van der Waals surface area contributed by atoms with E-state index >= 15 is 0 Å². The van der Waals surface area contributed by atoms with E-state index in [9.17, 15) is 13.2 Å². The van der Waals surface area contributed by atoms with Gasteiger partial charge < -0.3 is 4.57 Å². The molecule has 0 bridgehead atoms. The fraction of sp³-hybridized carbons (Fsp3) is 0.611. The van der Waals surface area contributed by atoms with Crippen molar-refractivity contribution in [2.24, 2.45) is 5.41 Å². The minimum Gasteiger partial charge on any atom is -0.309 e. The predicted octanol–water partition coefficient (Wildman–Crippen LogP) is 5.10. The number of allylic oxidation sites excluding steroid dienone is 4. The minimum absolute atomic E-state index is 0.104. The van der Waals surface area contributed by atoms with Gasteiger partial charge in [0.15, 0.2) is 0 Å². The highest BCUT2D eigenvalue weighted by molar-refractivity contribution is 7.99. The van der Waals surface area contributed by atoms with E-state index < -0.39 is 17.6 Å². The monoisotopic (exact) mass is 405 g/mol. The zero-order chi connectivity index (χ0) is 19.1. The van der Waals surface area contributed by atoms with Crippen LogP contribution in [0.4, 0.5) is 13.2 Å². The Balaban J connectivity index is 2.03. The number of alkyl halides is 3. The number of thioether (sulfide) groups is 1. The fourth-order valence-corrected chi connectivity index (χ4v) is 5.20. The molecule has 0 amide bonds. The summed E-state index contributed by atoms with van der Waals surface area (Å²) in [6, 6.07) is -0.935. The van der Waals surface area contributed by atoms with Gasteiger partial charge in [-0.1, -0.05) is 17.7 Å². The molecule has 2 aliphatic rings. The van der Waals surface area contributed by atoms with Crippen molar-refractivity contribution in [3.63, 3.8) is 0 Å². The molecule has 2 heterocycles. The van der Waals surface area contributed by atoms with Crippen molar-refractivity contribution in [2.75, 3.05) is 24.6 Å². The van der Waals surface area contributed by atoms with Crippen LogP contribution < -0.4 is 0 Å². The Labute approximate surface area is 161 Å². The first-order valence-electron chi connectivity index (χ1n) is 8.59. The van der Waals surface area contributed by atoms with Gasteiger partial charge >= 0.3 is 6.18 Å². The molecule has 1 aromatic heterocycles. The van der Waals surface area contributed by atoms with Crippen LogP contribution in [0.5, 0.6) is 0 Å². The van der Waals surface area contributed by atoms with Gasteiger partial charge in [-0.15, -0.1) is 0 Å². The summed E-state index contributed by atoms with van der Waals surface area (Å²) in [6.07, 6.45) is 0.318. The highest BCUT2D eigenvalue weighted by Crippen LogP contribution is 2.54. The third-order valence-electron chi connectivity index (χ3n) is 5.17. The van der Waals surface area contributed by atoms with Gasteiger partial charge in [0.1, 0.15) is 5.41 Å². The van der Waals surface area contributed by atoms with Crippen molar-refractivity contribution in [1.29, 1.82) is 0 Å². The molecule has 0 saturated carbocycles. The van der Waals surface area contributed by atoms with E-state index in [1.54, 1.807) is 30.7 Å². The van der Waals surface area contributed by atoms with E-state index in [-0.39, 0.29) is 5.28 Å². The van der Waals surface area contributed by atoms with Gasteiger partial charge in [0.05, 0.1) is 17.9 Å². The van der Waals surface area contributed by atoms with E-state index in [1.165, 1.54) is 13.0 Å². The van der Waals surface area contributed by atoms with E-state index in [0.29, 0.717) is 17.7 Å². The molecule has 1 fully saturated rings. The molecule has 0 N–H and O–H groups in total. The van der Waals surface area contributed by atoms with Crippen molar-refractivity contribution >= 4 is 23.4 Å². The van der Waals surface area contributed by atoms with Crippen molar-refractivity contribution in [3.05, 3.63) is 40.5 Å². The van der Waals surface area contributed by atoms with Crippen LogP contribution in [0.15, 0.2) is 29.5 Å². The van der Waals surface area contributed by atoms with Gasteiger partial charge in [-0.2, -0.15) is 24.9 Å². The molecule has 26 heavy (non-hydrogen) atoms. The van der Waals surface area contributed by atoms with Gasteiger partial charge in [-0.25, -0.2) is 4.98 Å². The largest absolute Gasteiger partial charge is 0.399 e. The molecule has 0 radical (unpaired) electrons. The van der Waals surface area contributed by atoms with Crippen molar-refractivity contribution < 1.29 is 13.2 Å². The zero-order valence-electron chi connectivity index (χ0n) is 15.1. The zero-order valence-corrected chi connectivity index (χ0v) is 16.7. The SMILES string of the molecule is CC1=CC(C)(C(F)(F)F)C(n2c(CN3CCSCC3)cnc2Cl)C(C)=C1. The first kappa shape index (κ1) is 19.8. The van der Waals surface area contributed by atoms with Crippen LogP contribution in [-0.2, 0) is 6.54 Å². The predicted molar refractivity (Wildman–Crippen MR) is 101 cm³/mol. The maximum Gasteiger partial charge on any atom is 0.399 e. The molecule has 1 aliphatic carbocycles. The van der Waals surface area contributed by atoms with Crippen LogP contribution in [0.2, 0.25) is 5.28 Å². The Morgan fingerprint density at radius 2 is 1.96 bits per heavy atom. The van der Waals surface area contributed by atoms with Crippen LogP contribution >= 0.6 is 23.4 Å². The molecule has 3 rings (SSSR count). The molecular formula is C18H23ClF3N3S. The Kier molecular flexibility index (Phi) is 5.53. The van der Waals surface area contributed by atoms with Crippen LogP contribution in [0, 0.1) is 5.41 Å². The summed E-state index contributed by atoms with van der Waals surface area (Å²) in [5.41, 5.74) is -0.0556. The van der Waals surface area contributed by atoms with Gasteiger partial charge in [0, 0.05) is 31.1 Å². The topological polar surface area (TPSA) is 21.1 Å². The average molecular weight is 406 g/mol. The Morgan fingerprint density at radius 3 is 2.58 bits per heavy atom. The molecular weight excluding hydrogens is 383 g/mol. The lowest BCUT2D eigenvalue weighted by Gasteiger charge is -2.42. The highest BCUT2D eigenvalue weighted by Gasteiger charge is 2.57. The minimum atomic E-state index is -4.40. The number of hydrogen-bond donors (Lipinski definition) is 0. The smallest absolute Gasteiger partial charge is 0.309 e. The number of hydrogen-bond acceptors (Lipinski definition) is 3. The average Bonchev–Trinajstić information content (AvgIpc) is 2.87. The first-order valence-corrected chi connectivity index (χ1v) is 10.1. The number of rotatable bonds is 3. The number of nitrogens with zero attached hydrogens (tertiary/aromatic N) is 3. The van der Waals surface area contributed by atoms with Crippen LogP contribution in [0.3, 0.4) is 0 Å². The summed E-state index contributed by atoms with van der Waals surface area (Å²) in [4.78, 5) is 6.38. The van der Waals surface area contributed by atoms with Gasteiger partial charge in [0.25, 0.3) is 0 Å². The second kappa shape index (κ2) is 7.24. The molecule has 0 aromatic carbocycles. The molecule has 8 heteroatoms. The molecule has 1 saturated heterocycles. The molecule has 0 spiro atoms. The van der Waals surface area contributed by atoms with Crippen molar-refractivity contribution in [1.82, 2.24) is 14.5 Å². The Hall–Kier alpha value is -0.920. The second-order valence-corrected chi connectivity index (χ2v) is 8.80. The van der Waals surface area contributed by atoms with Gasteiger partial charge in [-0.05, 0) is 37.9 Å². The number of aromatic nitrogens is 2. The quantitative estimate of drug-likeness (QED) is 0.698. The van der Waals surface area contributed by atoms with Crippen LogP contribution in [-0.4, -0.2) is 45.2 Å². The normalized spacial score (nSPS) is 28.0. The molecule has 144 valence electrons. The third-order valence-corrected chi connectivity index (χ3v) is 6.39. The van der Waals surface area contributed by atoms with E-state index in [1.807, 2.05) is 11.8 Å². The maximum atomic E-state index is 14.1. The molecule has 3 nitrogen and oxygen atoms in total. The Bertz CT molecular complexity index is 735. The van der Waals surface area contributed by atoms with Crippen molar-refractivity contribution in [2.45, 2.75) is 39.5 Å². The lowest BCUT2D eigenvalue weighted by atomic mass is 9.73. The third kappa shape index (κ3) is 3.58. The van der Waals surface area contributed by atoms with Crippen LogP contribution in [0.25, 0.3) is 0 Å². The first-order chi connectivity index (χ1) is 12.1. The molecule has 2 atom stereocenters. The second-order valence-electron chi connectivity index (χ2n) is 7.24. The summed E-state index contributed by atoms with van der Waals surface area (Å²) >= 11 is 8.18. The van der Waals surface area contributed by atoms with Gasteiger partial charge in [-0.3, -0.25) is 4.90 Å². The fourth-order valence-electron chi connectivity index (χ4n) is 3.96. The standard InChI is InChI=1S/C18H23ClF3N3S/c1-12-8-13(2)15(17(3,9-12)18(20,21)22)25-14(10-23-16(25)19)11-24-4-6-26-7-5-24/h8-10,15H,4-7,11H2,1-3H3. The molecule has 2 unspecified atom stereocenters. The lowest BCUT2D eigenvalue weighted by Crippen LogP contribution is -2.44. The summed E-state index contributed by atoms with van der Waals surface area (Å²) in [7, 11) is 0. The maximum absolute atomic E-state index is 14.1. The summed E-state index contributed by atoms with van der Waals surface area (Å²) in [6.45, 7) is 7.08. The lowest BCUT2D eigenvalue weighted by molar-refractivity contribution is -0.211. The van der Waals surface area contributed by atoms with E-state index in [4.69, 9.17) is 11.6 Å². The molecule has 1 aromatic rings. The summed E-state index contributed by atoms with van der Waals surface area (Å²) in [5, 5.41) is 0.104. The van der Waals surface area contributed by atoms with E-state index in [2.05, 4.69) is 9.88 Å². The van der Waals surface area contributed by atoms with Crippen molar-refractivity contribution in [3.8, 4) is 0 Å². The number of imidazole rings is 1. The van der Waals surface area contributed by atoms with E-state index in [0.717, 1.165) is 30.3 Å². The van der Waals surface area contributed by atoms with Gasteiger partial charge in [0.2, 0.25) is 5.28 Å². The number of halogens is 4. The highest BCUT2D eigenvalue weighted by atomic mass is 35.5. The summed E-state index contributed by atoms with van der Waals surface area (Å²) in [5.74, 6) is 2.07.